The summed E-state index contributed by atoms with van der Waals surface area (Å²) in [4.78, 5) is 34.0. The normalized spacial score (nSPS) is 10.9. The molecule has 0 aliphatic carbocycles. The lowest BCUT2D eigenvalue weighted by atomic mass is 10.1. The van der Waals surface area contributed by atoms with Crippen LogP contribution in [-0.2, 0) is 33.7 Å². The van der Waals surface area contributed by atoms with Crippen LogP contribution in [0.1, 0.15) is 29.5 Å². The molecule has 0 atom stereocenters. The Hall–Kier alpha value is -4.10. The molecule has 3 aromatic carbocycles. The number of rotatable bonds is 15. The van der Waals surface area contributed by atoms with Gasteiger partial charge in [0.15, 0.2) is 0 Å². The van der Waals surface area contributed by atoms with Crippen LogP contribution in [0.5, 0.6) is 5.75 Å². The van der Waals surface area contributed by atoms with Crippen LogP contribution in [0.2, 0.25) is 0 Å². The molecule has 0 bridgehead atoms. The van der Waals surface area contributed by atoms with Crippen LogP contribution >= 0.6 is 0 Å². The molecule has 0 saturated heterocycles. The summed E-state index contributed by atoms with van der Waals surface area (Å²) >= 11 is 0. The molecule has 2 amide bonds. The number of ether oxygens (including phenoxy) is 2. The highest BCUT2D eigenvalue weighted by Crippen LogP contribution is 2.22. The van der Waals surface area contributed by atoms with Crippen molar-refractivity contribution in [3.8, 4) is 5.75 Å². The Labute approximate surface area is 236 Å². The minimum absolute atomic E-state index is 0.0258. The molecule has 0 spiro atoms. The number of para-hydroxylation sites is 2. The quantitative estimate of drug-likeness (QED) is 0.209. The third-order valence-corrected chi connectivity index (χ3v) is 7.16. The van der Waals surface area contributed by atoms with Gasteiger partial charge in [0, 0.05) is 62.4 Å². The fourth-order valence-corrected chi connectivity index (χ4v) is 4.93. The van der Waals surface area contributed by atoms with Gasteiger partial charge in [-0.15, -0.1) is 0 Å². The van der Waals surface area contributed by atoms with Gasteiger partial charge in [0.1, 0.15) is 5.75 Å². The van der Waals surface area contributed by atoms with Crippen molar-refractivity contribution in [1.82, 2.24) is 14.8 Å². The maximum Gasteiger partial charge on any atom is 0.242 e. The van der Waals surface area contributed by atoms with Crippen LogP contribution < -0.4 is 4.74 Å². The number of fused-ring (bicyclic) bond motifs is 1. The highest BCUT2D eigenvalue weighted by Gasteiger charge is 2.22. The maximum atomic E-state index is 13.8. The number of carbonyl (C=O) groups excluding carboxylic acids is 2. The summed E-state index contributed by atoms with van der Waals surface area (Å²) in [5, 5.41) is 1.16. The summed E-state index contributed by atoms with van der Waals surface area (Å²) in [6.07, 6.45) is 4.37. The van der Waals surface area contributed by atoms with E-state index in [0.29, 0.717) is 51.9 Å². The number of methoxy groups -OCH3 is 2. The van der Waals surface area contributed by atoms with Gasteiger partial charge < -0.3 is 24.3 Å². The zero-order chi connectivity index (χ0) is 28.2. The van der Waals surface area contributed by atoms with Gasteiger partial charge >= 0.3 is 0 Å². The molecule has 0 unspecified atom stereocenters. The Bertz CT molecular complexity index is 1370. The number of H-pyrrole nitrogens is 1. The van der Waals surface area contributed by atoms with Crippen LogP contribution in [0.15, 0.2) is 85.1 Å². The van der Waals surface area contributed by atoms with E-state index in [0.717, 1.165) is 33.3 Å². The summed E-state index contributed by atoms with van der Waals surface area (Å²) in [6, 6.07) is 25.9. The Morgan fingerprint density at radius 2 is 1.52 bits per heavy atom. The number of amides is 2. The average Bonchev–Trinajstić information content (AvgIpc) is 3.41. The molecule has 4 aromatic rings. The highest BCUT2D eigenvalue weighted by atomic mass is 16.5. The van der Waals surface area contributed by atoms with Crippen LogP contribution in [-0.4, -0.2) is 67.1 Å². The van der Waals surface area contributed by atoms with Crippen LogP contribution in [0.25, 0.3) is 10.9 Å². The third-order valence-electron chi connectivity index (χ3n) is 7.16. The van der Waals surface area contributed by atoms with Crippen molar-refractivity contribution in [1.29, 1.82) is 0 Å². The lowest BCUT2D eigenvalue weighted by molar-refractivity contribution is -0.141. The number of hydrogen-bond acceptors (Lipinski definition) is 4. The molecule has 4 rings (SSSR count). The minimum atomic E-state index is -0.0868. The minimum Gasteiger partial charge on any atom is -0.496 e. The fourth-order valence-electron chi connectivity index (χ4n) is 4.93. The number of nitrogens with zero attached hydrogens (tertiary/aromatic N) is 2. The molecule has 0 saturated carbocycles. The summed E-state index contributed by atoms with van der Waals surface area (Å²) in [7, 11) is 3.28. The van der Waals surface area contributed by atoms with E-state index >= 15 is 0 Å². The Morgan fingerprint density at radius 3 is 2.33 bits per heavy atom. The first-order valence-electron chi connectivity index (χ1n) is 13.8. The SMILES string of the molecule is COCCCN(CC(=O)N(CCc1c[nH]c2ccccc12)Cc1ccccc1OC)C(=O)CCc1ccccc1. The zero-order valence-electron chi connectivity index (χ0n) is 23.5. The zero-order valence-corrected chi connectivity index (χ0v) is 23.5. The van der Waals surface area contributed by atoms with Gasteiger partial charge in [-0.25, -0.2) is 0 Å². The van der Waals surface area contributed by atoms with Crippen molar-refractivity contribution in [2.24, 2.45) is 0 Å². The molecule has 7 nitrogen and oxygen atoms in total. The number of hydrogen-bond donors (Lipinski definition) is 1. The van der Waals surface area contributed by atoms with E-state index in [2.05, 4.69) is 17.1 Å². The van der Waals surface area contributed by atoms with E-state index in [4.69, 9.17) is 9.47 Å². The predicted molar refractivity (Wildman–Crippen MR) is 158 cm³/mol. The van der Waals surface area contributed by atoms with Gasteiger partial charge in [-0.1, -0.05) is 66.7 Å². The molecule has 0 fully saturated rings. The van der Waals surface area contributed by atoms with Crippen molar-refractivity contribution in [3.05, 3.63) is 102 Å². The molecule has 0 aliphatic rings. The lowest BCUT2D eigenvalue weighted by Gasteiger charge is -2.28. The van der Waals surface area contributed by atoms with Crippen LogP contribution in [0, 0.1) is 0 Å². The predicted octanol–water partition coefficient (Wildman–Crippen LogP) is 5.25. The van der Waals surface area contributed by atoms with Gasteiger partial charge in [-0.3, -0.25) is 9.59 Å². The van der Waals surface area contributed by atoms with Crippen molar-refractivity contribution in [2.45, 2.75) is 32.2 Å². The van der Waals surface area contributed by atoms with Gasteiger partial charge in [-0.2, -0.15) is 0 Å². The van der Waals surface area contributed by atoms with Crippen LogP contribution in [0.3, 0.4) is 0 Å². The Kier molecular flexibility index (Phi) is 10.8. The van der Waals surface area contributed by atoms with Gasteiger partial charge in [-0.05, 0) is 42.5 Å². The van der Waals surface area contributed by atoms with Gasteiger partial charge in [0.25, 0.3) is 0 Å². The average molecular weight is 542 g/mol. The molecule has 1 N–H and O–H groups in total. The molecule has 210 valence electrons. The van der Waals surface area contributed by atoms with Crippen molar-refractivity contribution < 1.29 is 19.1 Å². The van der Waals surface area contributed by atoms with E-state index in [1.54, 1.807) is 19.1 Å². The monoisotopic (exact) mass is 541 g/mol. The topological polar surface area (TPSA) is 74.9 Å². The first-order valence-corrected chi connectivity index (χ1v) is 13.8. The smallest absolute Gasteiger partial charge is 0.242 e. The van der Waals surface area contributed by atoms with Crippen molar-refractivity contribution in [2.75, 3.05) is 40.5 Å². The van der Waals surface area contributed by atoms with E-state index < -0.39 is 0 Å². The second-order valence-corrected chi connectivity index (χ2v) is 9.88. The second-order valence-electron chi connectivity index (χ2n) is 9.88. The van der Waals surface area contributed by atoms with E-state index in [9.17, 15) is 9.59 Å². The van der Waals surface area contributed by atoms with E-state index in [-0.39, 0.29) is 18.4 Å². The number of benzene rings is 3. The second kappa shape index (κ2) is 14.9. The standard InChI is InChI=1S/C33H39N3O4/c1-39-22-10-20-35(32(37)18-17-26-11-4-3-5-12-26)25-33(38)36(24-28-13-6-9-16-31(28)40-2)21-19-27-23-34-30-15-8-7-14-29(27)30/h3-9,11-16,23,34H,10,17-22,24-25H2,1-2H3. The molecule has 40 heavy (non-hydrogen) atoms. The van der Waals surface area contributed by atoms with Gasteiger partial charge in [0.2, 0.25) is 11.8 Å². The molecular weight excluding hydrogens is 502 g/mol. The number of aromatic amines is 1. The first kappa shape index (κ1) is 28.9. The summed E-state index contributed by atoms with van der Waals surface area (Å²) in [5.41, 5.74) is 4.27. The molecule has 0 radical (unpaired) electrons. The van der Waals surface area contributed by atoms with E-state index in [1.165, 1.54) is 0 Å². The molecule has 7 heteroatoms. The molecule has 1 aromatic heterocycles. The molecule has 0 aliphatic heterocycles. The maximum absolute atomic E-state index is 13.8. The summed E-state index contributed by atoms with van der Waals surface area (Å²) in [5.74, 6) is 0.627. The highest BCUT2D eigenvalue weighted by molar-refractivity contribution is 5.85. The molecular formula is C33H39N3O4. The number of carbonyl (C=O) groups is 2. The summed E-state index contributed by atoms with van der Waals surface area (Å²) < 4.78 is 10.8. The fraction of sp³-hybridized carbons (Fsp3) is 0.333. The number of aromatic nitrogens is 1. The Morgan fingerprint density at radius 1 is 0.775 bits per heavy atom. The van der Waals surface area contributed by atoms with Crippen molar-refractivity contribution >= 4 is 22.7 Å². The summed E-state index contributed by atoms with van der Waals surface area (Å²) in [6.45, 7) is 1.94. The van der Waals surface area contributed by atoms with Gasteiger partial charge in [0.05, 0.1) is 13.7 Å². The van der Waals surface area contributed by atoms with Crippen LogP contribution in [0.4, 0.5) is 0 Å². The third kappa shape index (κ3) is 7.96. The first-order chi connectivity index (χ1) is 19.6. The number of nitrogens with one attached hydrogen (secondary N) is 1. The van der Waals surface area contributed by atoms with Crippen molar-refractivity contribution in [3.63, 3.8) is 0 Å². The Balaban J connectivity index is 1.50. The van der Waals surface area contributed by atoms with E-state index in [1.807, 2.05) is 77.8 Å². The lowest BCUT2D eigenvalue weighted by Crippen LogP contribution is -2.44. The largest absolute Gasteiger partial charge is 0.496 e. The molecule has 1 heterocycles. The number of aryl methyl sites for hydroxylation is 1.